The van der Waals surface area contributed by atoms with Crippen LogP contribution in [0.2, 0.25) is 0 Å². The first-order valence-corrected chi connectivity index (χ1v) is 18.8. The van der Waals surface area contributed by atoms with E-state index < -0.39 is 46.5 Å². The lowest BCUT2D eigenvalue weighted by Gasteiger charge is -2.32. The molecule has 3 amide bonds. The van der Waals surface area contributed by atoms with Gasteiger partial charge in [-0.2, -0.15) is 8.42 Å². The molecule has 10 nitrogen and oxygen atoms in total. The van der Waals surface area contributed by atoms with Crippen molar-refractivity contribution in [2.75, 3.05) is 19.7 Å². The van der Waals surface area contributed by atoms with Crippen LogP contribution in [-0.2, 0) is 33.4 Å². The molecule has 1 aromatic rings. The fraction of sp³-hybridized carbons (Fsp3) is 0.743. The first kappa shape index (κ1) is 39.7. The van der Waals surface area contributed by atoms with Crippen molar-refractivity contribution in [3.8, 4) is 0 Å². The van der Waals surface area contributed by atoms with Crippen molar-refractivity contribution in [1.29, 1.82) is 0 Å². The van der Waals surface area contributed by atoms with E-state index in [1.165, 1.54) is 88.2 Å². The van der Waals surface area contributed by atoms with Gasteiger partial charge in [0.2, 0.25) is 5.91 Å². The maximum Gasteiger partial charge on any atom is 0.329 e. The van der Waals surface area contributed by atoms with Crippen LogP contribution < -0.4 is 0 Å². The highest BCUT2D eigenvalue weighted by Crippen LogP contribution is 2.23. The Kier molecular flexibility index (Phi) is 18.4. The minimum absolute atomic E-state index is 0.00897. The number of unbranched alkanes of at least 4 members (excludes halogenated alkanes) is 12. The van der Waals surface area contributed by atoms with Crippen LogP contribution in [0.5, 0.6) is 0 Å². The van der Waals surface area contributed by atoms with Crippen molar-refractivity contribution in [3.63, 3.8) is 0 Å². The molecule has 0 aromatic heterocycles. The van der Waals surface area contributed by atoms with E-state index in [1.807, 2.05) is 13.8 Å². The molecule has 1 aliphatic heterocycles. The molecule has 1 aliphatic rings. The zero-order valence-corrected chi connectivity index (χ0v) is 29.7. The normalized spacial score (nSPS) is 15.8. The lowest BCUT2D eigenvalue weighted by atomic mass is 10.0. The Morgan fingerprint density at radius 2 is 1.41 bits per heavy atom. The molecule has 2 rings (SSSR count). The number of carbonyl (C=O) groups excluding carboxylic acids is 3. The minimum Gasteiger partial charge on any atom is -0.460 e. The average Bonchev–Trinajstić information content (AvgIpc) is 3.29. The number of urea groups is 1. The summed E-state index contributed by atoms with van der Waals surface area (Å²) in [7, 11) is -4.03. The molecule has 3 atom stereocenters. The fourth-order valence-corrected chi connectivity index (χ4v) is 6.62. The number of esters is 1. The number of benzene rings is 1. The van der Waals surface area contributed by atoms with E-state index in [0.717, 1.165) is 29.7 Å². The third-order valence-electron chi connectivity index (χ3n) is 8.44. The first-order chi connectivity index (χ1) is 22.0. The Hall–Kier alpha value is -2.50. The van der Waals surface area contributed by atoms with E-state index in [0.29, 0.717) is 12.8 Å². The van der Waals surface area contributed by atoms with Crippen molar-refractivity contribution < 1.29 is 36.5 Å². The third kappa shape index (κ3) is 14.1. The van der Waals surface area contributed by atoms with Gasteiger partial charge in [-0.15, -0.1) is 0 Å². The summed E-state index contributed by atoms with van der Waals surface area (Å²) in [6, 6.07) is 5.68. The molecular formula is C35H58N2O8S. The van der Waals surface area contributed by atoms with Gasteiger partial charge < -0.3 is 9.47 Å². The van der Waals surface area contributed by atoms with Gasteiger partial charge in [-0.05, 0) is 38.8 Å². The van der Waals surface area contributed by atoms with Gasteiger partial charge in [0, 0.05) is 6.92 Å². The molecule has 0 bridgehead atoms. The Morgan fingerprint density at radius 1 is 0.870 bits per heavy atom. The summed E-state index contributed by atoms with van der Waals surface area (Å²) in [4.78, 5) is 40.1. The first-order valence-electron chi connectivity index (χ1n) is 17.4. The summed E-state index contributed by atoms with van der Waals surface area (Å²) in [5.41, 5.74) is 0.911. The topological polar surface area (TPSA) is 120 Å². The van der Waals surface area contributed by atoms with E-state index in [-0.39, 0.29) is 24.6 Å². The zero-order chi connectivity index (χ0) is 34.0. The summed E-state index contributed by atoms with van der Waals surface area (Å²) in [5.74, 6) is -0.858. The molecule has 0 radical (unpaired) electrons. The number of aryl methyl sites for hydroxylation is 1. The summed E-state index contributed by atoms with van der Waals surface area (Å²) < 4.78 is 42.0. The highest BCUT2D eigenvalue weighted by atomic mass is 32.2. The number of amides is 3. The smallest absolute Gasteiger partial charge is 0.329 e. The molecule has 262 valence electrons. The second-order valence-corrected chi connectivity index (χ2v) is 14.0. The minimum atomic E-state index is -4.03. The summed E-state index contributed by atoms with van der Waals surface area (Å²) >= 11 is 0. The van der Waals surface area contributed by atoms with Crippen molar-refractivity contribution in [2.24, 2.45) is 0 Å². The van der Waals surface area contributed by atoms with Crippen LogP contribution in [-0.4, -0.2) is 74.3 Å². The van der Waals surface area contributed by atoms with Gasteiger partial charge in [-0.3, -0.25) is 23.6 Å². The largest absolute Gasteiger partial charge is 0.460 e. The molecule has 0 N–H and O–H groups in total. The Labute approximate surface area is 277 Å². The van der Waals surface area contributed by atoms with Crippen LogP contribution in [0.1, 0.15) is 130 Å². The maximum absolute atomic E-state index is 13.3. The summed E-state index contributed by atoms with van der Waals surface area (Å²) in [6.45, 7) is 8.35. The standard InChI is InChI=1S/C35H58N2O8S/c1-6-8-9-10-11-12-13-14-15-16-17-18-19-20-32(29(4)44-30(5)38)45-34(7-2)37-27-33(39)36(35(37)40)25-26-43-46(41,42)31-23-21-28(3)22-24-31/h21-24,29,32,34H,6-20,25-27H2,1-5H3. The van der Waals surface area contributed by atoms with Gasteiger partial charge in [0.1, 0.15) is 18.9 Å². The predicted octanol–water partition coefficient (Wildman–Crippen LogP) is 7.52. The number of imide groups is 1. The van der Waals surface area contributed by atoms with Gasteiger partial charge in [0.05, 0.1) is 24.2 Å². The molecule has 1 fully saturated rings. The quantitative estimate of drug-likeness (QED) is 0.0455. The molecule has 0 aliphatic carbocycles. The summed E-state index contributed by atoms with van der Waals surface area (Å²) in [5, 5.41) is 0. The number of nitrogens with zero attached hydrogens (tertiary/aromatic N) is 2. The number of carbonyl (C=O) groups is 3. The predicted molar refractivity (Wildman–Crippen MR) is 179 cm³/mol. The van der Waals surface area contributed by atoms with Crippen LogP contribution in [0.25, 0.3) is 0 Å². The monoisotopic (exact) mass is 666 g/mol. The Morgan fingerprint density at radius 3 is 1.93 bits per heavy atom. The van der Waals surface area contributed by atoms with Crippen LogP contribution in [0.4, 0.5) is 4.79 Å². The van der Waals surface area contributed by atoms with Crippen molar-refractivity contribution in [3.05, 3.63) is 29.8 Å². The van der Waals surface area contributed by atoms with Crippen LogP contribution in [0, 0.1) is 6.92 Å². The lowest BCUT2D eigenvalue weighted by Crippen LogP contribution is -2.45. The van der Waals surface area contributed by atoms with Crippen molar-refractivity contribution in [2.45, 2.75) is 154 Å². The van der Waals surface area contributed by atoms with E-state index in [2.05, 4.69) is 6.92 Å². The molecule has 1 heterocycles. The molecule has 3 unspecified atom stereocenters. The third-order valence-corrected chi connectivity index (χ3v) is 9.77. The van der Waals surface area contributed by atoms with Gasteiger partial charge in [-0.1, -0.05) is 115 Å². The molecule has 1 aromatic carbocycles. The number of rotatable bonds is 25. The average molecular weight is 667 g/mol. The van der Waals surface area contributed by atoms with Crippen LogP contribution in [0.15, 0.2) is 29.2 Å². The maximum atomic E-state index is 13.3. The molecule has 0 spiro atoms. The van der Waals surface area contributed by atoms with Crippen molar-refractivity contribution >= 4 is 28.0 Å². The van der Waals surface area contributed by atoms with E-state index in [9.17, 15) is 22.8 Å². The summed E-state index contributed by atoms with van der Waals surface area (Å²) in [6.07, 6.45) is 15.6. The van der Waals surface area contributed by atoms with Crippen molar-refractivity contribution in [1.82, 2.24) is 9.80 Å². The fourth-order valence-electron chi connectivity index (χ4n) is 5.72. The van der Waals surface area contributed by atoms with Gasteiger partial charge >= 0.3 is 12.0 Å². The van der Waals surface area contributed by atoms with Crippen LogP contribution in [0.3, 0.4) is 0 Å². The van der Waals surface area contributed by atoms with Gasteiger partial charge in [0.25, 0.3) is 10.1 Å². The Balaban J connectivity index is 1.83. The van der Waals surface area contributed by atoms with E-state index >= 15 is 0 Å². The zero-order valence-electron chi connectivity index (χ0n) is 28.8. The molecule has 1 saturated heterocycles. The molecule has 46 heavy (non-hydrogen) atoms. The second kappa shape index (κ2) is 21.4. The van der Waals surface area contributed by atoms with Crippen LogP contribution >= 0.6 is 0 Å². The molecule has 0 saturated carbocycles. The number of hydrogen-bond donors (Lipinski definition) is 0. The molecular weight excluding hydrogens is 608 g/mol. The highest BCUT2D eigenvalue weighted by Gasteiger charge is 2.41. The van der Waals surface area contributed by atoms with E-state index in [1.54, 1.807) is 19.1 Å². The van der Waals surface area contributed by atoms with E-state index in [4.69, 9.17) is 13.7 Å². The lowest BCUT2D eigenvalue weighted by molar-refractivity contribution is -0.164. The number of hydrogen-bond acceptors (Lipinski definition) is 8. The second-order valence-electron chi connectivity index (χ2n) is 12.4. The number of ether oxygens (including phenoxy) is 2. The molecule has 11 heteroatoms. The van der Waals surface area contributed by atoms with Gasteiger partial charge in [0.15, 0.2) is 0 Å². The van der Waals surface area contributed by atoms with Gasteiger partial charge in [-0.25, -0.2) is 4.79 Å². The Bertz CT molecular complexity index is 1160. The highest BCUT2D eigenvalue weighted by molar-refractivity contribution is 7.86. The SMILES string of the molecule is CCCCCCCCCCCCCCCC(OC(CC)N1CC(=O)N(CCOS(=O)(=O)c2ccc(C)cc2)C1=O)C(C)OC(C)=O.